The van der Waals surface area contributed by atoms with Gasteiger partial charge in [0, 0.05) is 37.4 Å². The number of nitrogens with zero attached hydrogens (tertiary/aromatic N) is 3. The van der Waals surface area contributed by atoms with Crippen molar-refractivity contribution >= 4 is 12.0 Å². The minimum Gasteiger partial charge on any atom is -0.466 e. The van der Waals surface area contributed by atoms with Crippen LogP contribution in [-0.2, 0) is 22.6 Å². The zero-order valence-corrected chi connectivity index (χ0v) is 15.1. The first-order valence-corrected chi connectivity index (χ1v) is 8.70. The zero-order chi connectivity index (χ0) is 17.7. The van der Waals surface area contributed by atoms with Crippen molar-refractivity contribution in [2.24, 2.45) is 5.92 Å². The molecule has 0 spiro atoms. The van der Waals surface area contributed by atoms with Crippen LogP contribution in [-0.4, -0.2) is 46.4 Å². The van der Waals surface area contributed by atoms with Gasteiger partial charge in [-0.2, -0.15) is 5.10 Å². The molecule has 1 saturated heterocycles. The number of esters is 1. The highest BCUT2D eigenvalue weighted by Crippen LogP contribution is 2.19. The number of hydrogen-bond acceptors (Lipinski definition) is 4. The highest BCUT2D eigenvalue weighted by Gasteiger charge is 2.28. The molecule has 0 aliphatic carbocycles. The van der Waals surface area contributed by atoms with Crippen LogP contribution in [0.3, 0.4) is 0 Å². The van der Waals surface area contributed by atoms with Crippen LogP contribution in [0.1, 0.15) is 43.6 Å². The number of likely N-dealkylation sites (tertiary alicyclic amines) is 1. The molecule has 7 nitrogen and oxygen atoms in total. The largest absolute Gasteiger partial charge is 0.466 e. The van der Waals surface area contributed by atoms with Gasteiger partial charge in [0.25, 0.3) is 0 Å². The van der Waals surface area contributed by atoms with E-state index in [0.29, 0.717) is 39.1 Å². The summed E-state index contributed by atoms with van der Waals surface area (Å²) in [5, 5.41) is 7.44. The molecule has 0 radical (unpaired) electrons. The van der Waals surface area contributed by atoms with Crippen LogP contribution in [0.2, 0.25) is 0 Å². The quantitative estimate of drug-likeness (QED) is 0.835. The van der Waals surface area contributed by atoms with Crippen molar-refractivity contribution in [2.45, 2.75) is 53.6 Å². The fraction of sp³-hybridized carbons (Fsp3) is 0.706. The molecule has 2 heterocycles. The normalized spacial score (nSPS) is 15.4. The topological polar surface area (TPSA) is 76.5 Å². The van der Waals surface area contributed by atoms with Gasteiger partial charge in [0.1, 0.15) is 0 Å². The number of urea groups is 1. The van der Waals surface area contributed by atoms with Crippen LogP contribution in [0, 0.1) is 19.8 Å². The van der Waals surface area contributed by atoms with Crippen LogP contribution in [0.4, 0.5) is 4.79 Å². The fourth-order valence-corrected chi connectivity index (χ4v) is 3.15. The molecule has 134 valence electrons. The lowest BCUT2D eigenvalue weighted by Gasteiger charge is -2.30. The number of nitrogens with one attached hydrogen (secondary N) is 1. The summed E-state index contributed by atoms with van der Waals surface area (Å²) in [6.45, 7) is 10.7. The van der Waals surface area contributed by atoms with Crippen molar-refractivity contribution in [1.29, 1.82) is 0 Å². The Bertz CT molecular complexity index is 589. The Morgan fingerprint density at radius 1 is 1.25 bits per heavy atom. The standard InChI is InChI=1S/C17H28N4O3/c1-5-21-13(4)15(12(3)19-21)11-18-17(23)20-9-7-14(8-10-20)16(22)24-6-2/h14H,5-11H2,1-4H3,(H,18,23). The second-order valence-electron chi connectivity index (χ2n) is 6.14. The smallest absolute Gasteiger partial charge is 0.317 e. The predicted molar refractivity (Wildman–Crippen MR) is 90.5 cm³/mol. The van der Waals surface area contributed by atoms with Crippen LogP contribution in [0.15, 0.2) is 0 Å². The van der Waals surface area contributed by atoms with Crippen LogP contribution < -0.4 is 5.32 Å². The van der Waals surface area contributed by atoms with Gasteiger partial charge >= 0.3 is 12.0 Å². The van der Waals surface area contributed by atoms with Crippen molar-refractivity contribution in [3.63, 3.8) is 0 Å². The minimum atomic E-state index is -0.143. The molecular weight excluding hydrogens is 308 g/mol. The van der Waals surface area contributed by atoms with Gasteiger partial charge in [0.15, 0.2) is 0 Å². The number of hydrogen-bond donors (Lipinski definition) is 1. The SMILES string of the molecule is CCOC(=O)C1CCN(C(=O)NCc2c(C)nn(CC)c2C)CC1. The first kappa shape index (κ1) is 18.3. The van der Waals surface area contributed by atoms with Gasteiger partial charge in [-0.3, -0.25) is 9.48 Å². The van der Waals surface area contributed by atoms with Crippen molar-refractivity contribution in [3.8, 4) is 0 Å². The molecule has 1 aliphatic rings. The van der Waals surface area contributed by atoms with E-state index in [4.69, 9.17) is 4.74 Å². The van der Waals surface area contributed by atoms with Crippen molar-refractivity contribution in [2.75, 3.05) is 19.7 Å². The van der Waals surface area contributed by atoms with Crippen molar-refractivity contribution in [1.82, 2.24) is 20.0 Å². The van der Waals surface area contributed by atoms with E-state index in [-0.39, 0.29) is 17.9 Å². The highest BCUT2D eigenvalue weighted by atomic mass is 16.5. The molecule has 0 unspecified atom stereocenters. The molecule has 2 amide bonds. The van der Waals surface area contributed by atoms with E-state index >= 15 is 0 Å². The molecule has 0 bridgehead atoms. The molecule has 1 fully saturated rings. The lowest BCUT2D eigenvalue weighted by molar-refractivity contribution is -0.149. The van der Waals surface area contributed by atoms with Gasteiger partial charge in [0.2, 0.25) is 0 Å². The summed E-state index contributed by atoms with van der Waals surface area (Å²) in [7, 11) is 0. The Morgan fingerprint density at radius 2 is 1.92 bits per heavy atom. The maximum absolute atomic E-state index is 12.3. The van der Waals surface area contributed by atoms with Gasteiger partial charge in [-0.05, 0) is 40.5 Å². The van der Waals surface area contributed by atoms with E-state index in [1.807, 2.05) is 25.5 Å². The molecule has 7 heteroatoms. The summed E-state index contributed by atoms with van der Waals surface area (Å²) in [5.41, 5.74) is 3.12. The Morgan fingerprint density at radius 3 is 2.46 bits per heavy atom. The lowest BCUT2D eigenvalue weighted by atomic mass is 9.97. The summed E-state index contributed by atoms with van der Waals surface area (Å²) in [4.78, 5) is 25.9. The van der Waals surface area contributed by atoms with E-state index in [2.05, 4.69) is 17.3 Å². The third-order valence-corrected chi connectivity index (χ3v) is 4.65. The summed E-state index contributed by atoms with van der Waals surface area (Å²) in [5.74, 6) is -0.225. The third-order valence-electron chi connectivity index (χ3n) is 4.65. The minimum absolute atomic E-state index is 0.0822. The van der Waals surface area contributed by atoms with E-state index in [1.54, 1.807) is 4.90 Å². The number of carbonyl (C=O) groups is 2. The van der Waals surface area contributed by atoms with Crippen molar-refractivity contribution < 1.29 is 14.3 Å². The third kappa shape index (κ3) is 4.07. The lowest BCUT2D eigenvalue weighted by Crippen LogP contribution is -2.45. The summed E-state index contributed by atoms with van der Waals surface area (Å²) < 4.78 is 7.00. The Labute approximate surface area is 143 Å². The number of aryl methyl sites for hydroxylation is 2. The maximum atomic E-state index is 12.3. The van der Waals surface area contributed by atoms with Gasteiger partial charge in [-0.1, -0.05) is 0 Å². The summed E-state index contributed by atoms with van der Waals surface area (Å²) >= 11 is 0. The first-order chi connectivity index (χ1) is 11.5. The number of piperidine rings is 1. The van der Waals surface area contributed by atoms with E-state index in [0.717, 1.165) is 23.5 Å². The molecule has 0 aromatic carbocycles. The molecule has 0 atom stereocenters. The Hall–Kier alpha value is -2.05. The molecule has 2 rings (SSSR count). The van der Waals surface area contributed by atoms with E-state index in [1.165, 1.54) is 0 Å². The van der Waals surface area contributed by atoms with Crippen LogP contribution in [0.5, 0.6) is 0 Å². The van der Waals surface area contributed by atoms with E-state index < -0.39 is 0 Å². The predicted octanol–water partition coefficient (Wildman–Crippen LogP) is 2.00. The van der Waals surface area contributed by atoms with Gasteiger partial charge in [-0.25, -0.2) is 4.79 Å². The highest BCUT2D eigenvalue weighted by molar-refractivity contribution is 5.76. The van der Waals surface area contributed by atoms with Gasteiger partial charge in [-0.15, -0.1) is 0 Å². The van der Waals surface area contributed by atoms with E-state index in [9.17, 15) is 9.59 Å². The molecule has 24 heavy (non-hydrogen) atoms. The molecule has 1 aromatic heterocycles. The Kier molecular flexibility index (Phi) is 6.23. The number of carbonyl (C=O) groups excluding carboxylic acids is 2. The molecular formula is C17H28N4O3. The number of ether oxygens (including phenoxy) is 1. The van der Waals surface area contributed by atoms with Crippen LogP contribution in [0.25, 0.3) is 0 Å². The summed E-state index contributed by atoms with van der Waals surface area (Å²) in [6, 6.07) is -0.0830. The number of aromatic nitrogens is 2. The average Bonchev–Trinajstić information content (AvgIpc) is 2.86. The Balaban J connectivity index is 1.84. The first-order valence-electron chi connectivity index (χ1n) is 8.70. The van der Waals surface area contributed by atoms with Gasteiger partial charge < -0.3 is 15.0 Å². The molecule has 1 aromatic rings. The molecule has 1 N–H and O–H groups in total. The monoisotopic (exact) mass is 336 g/mol. The maximum Gasteiger partial charge on any atom is 0.317 e. The summed E-state index contributed by atoms with van der Waals surface area (Å²) in [6.07, 6.45) is 1.33. The van der Waals surface area contributed by atoms with Crippen LogP contribution >= 0.6 is 0 Å². The average molecular weight is 336 g/mol. The number of rotatable bonds is 5. The zero-order valence-electron chi connectivity index (χ0n) is 15.1. The number of amides is 2. The van der Waals surface area contributed by atoms with Gasteiger partial charge in [0.05, 0.1) is 18.2 Å². The second kappa shape index (κ2) is 8.17. The molecule has 0 saturated carbocycles. The molecule has 1 aliphatic heterocycles. The van der Waals surface area contributed by atoms with Crippen molar-refractivity contribution in [3.05, 3.63) is 17.0 Å². The fourth-order valence-electron chi connectivity index (χ4n) is 3.15. The second-order valence-corrected chi connectivity index (χ2v) is 6.14.